The van der Waals surface area contributed by atoms with Crippen molar-refractivity contribution >= 4 is 11.6 Å². The van der Waals surface area contributed by atoms with E-state index in [-0.39, 0.29) is 5.91 Å². The number of carbonyl (C=O) groups excluding carboxylic acids is 1. The molecule has 0 aliphatic heterocycles. The normalized spacial score (nSPS) is 10.5. The fourth-order valence-corrected chi connectivity index (χ4v) is 2.33. The van der Waals surface area contributed by atoms with Gasteiger partial charge in [-0.3, -0.25) is 4.79 Å². The summed E-state index contributed by atoms with van der Waals surface area (Å²) in [5, 5.41) is 2.93. The summed E-state index contributed by atoms with van der Waals surface area (Å²) >= 11 is 0. The average Bonchev–Trinajstić information content (AvgIpc) is 2.56. The quantitative estimate of drug-likeness (QED) is 0.605. The van der Waals surface area contributed by atoms with Gasteiger partial charge < -0.3 is 20.5 Å². The molecule has 2 aromatic rings. The Labute approximate surface area is 142 Å². The number of hydrogen-bond donors (Lipinski definition) is 2. The molecule has 0 aromatic heterocycles. The third-order valence-electron chi connectivity index (χ3n) is 3.71. The summed E-state index contributed by atoms with van der Waals surface area (Å²) in [5.74, 6) is 0.611. The highest BCUT2D eigenvalue weighted by molar-refractivity contribution is 5.96. The Morgan fingerprint density at radius 3 is 2.67 bits per heavy atom. The zero-order chi connectivity index (χ0) is 17.5. The Kier molecular flexibility index (Phi) is 6.21. The standard InChI is InChI=1S/C19H24N2O3/c1-13-4-6-15(18(10-13)24-9-8-23-3)12-21-19(22)17-11-16(20)7-5-14(17)2/h4-7,10-11H,8-9,12,20H2,1-3H3,(H,21,22). The van der Waals surface area contributed by atoms with E-state index in [1.54, 1.807) is 19.2 Å². The first-order chi connectivity index (χ1) is 11.5. The van der Waals surface area contributed by atoms with Crippen LogP contribution in [0.25, 0.3) is 0 Å². The van der Waals surface area contributed by atoms with Gasteiger partial charge in [0.1, 0.15) is 12.4 Å². The van der Waals surface area contributed by atoms with Crippen LogP contribution in [0.15, 0.2) is 36.4 Å². The lowest BCUT2D eigenvalue weighted by molar-refractivity contribution is 0.0949. The van der Waals surface area contributed by atoms with E-state index in [1.807, 2.05) is 38.1 Å². The lowest BCUT2D eigenvalue weighted by Gasteiger charge is -2.14. The number of ether oxygens (including phenoxy) is 2. The fraction of sp³-hybridized carbons (Fsp3) is 0.316. The minimum atomic E-state index is -0.150. The van der Waals surface area contributed by atoms with E-state index in [2.05, 4.69) is 5.32 Å². The van der Waals surface area contributed by atoms with Gasteiger partial charge in [0.25, 0.3) is 5.91 Å². The maximum Gasteiger partial charge on any atom is 0.251 e. The zero-order valence-electron chi connectivity index (χ0n) is 14.4. The van der Waals surface area contributed by atoms with Gasteiger partial charge in [0.15, 0.2) is 0 Å². The summed E-state index contributed by atoms with van der Waals surface area (Å²) in [7, 11) is 1.63. The van der Waals surface area contributed by atoms with Crippen molar-refractivity contribution in [2.75, 3.05) is 26.1 Å². The van der Waals surface area contributed by atoms with Crippen LogP contribution in [0.1, 0.15) is 27.0 Å². The van der Waals surface area contributed by atoms with E-state index in [1.165, 1.54) is 0 Å². The second-order valence-corrected chi connectivity index (χ2v) is 5.71. The number of anilines is 1. The van der Waals surface area contributed by atoms with E-state index >= 15 is 0 Å². The molecule has 128 valence electrons. The molecule has 0 heterocycles. The fourth-order valence-electron chi connectivity index (χ4n) is 2.33. The summed E-state index contributed by atoms with van der Waals surface area (Å²) in [4.78, 5) is 12.4. The molecule has 0 bridgehead atoms. The van der Waals surface area contributed by atoms with Crippen LogP contribution in [-0.4, -0.2) is 26.2 Å². The monoisotopic (exact) mass is 328 g/mol. The molecule has 1 amide bonds. The van der Waals surface area contributed by atoms with Crippen molar-refractivity contribution in [1.29, 1.82) is 0 Å². The molecule has 2 rings (SSSR count). The summed E-state index contributed by atoms with van der Waals surface area (Å²) in [6.07, 6.45) is 0. The SMILES string of the molecule is COCCOc1cc(C)ccc1CNC(=O)c1cc(N)ccc1C. The first-order valence-electron chi connectivity index (χ1n) is 7.87. The molecule has 0 fully saturated rings. The van der Waals surface area contributed by atoms with Crippen molar-refractivity contribution in [3.63, 3.8) is 0 Å². The lowest BCUT2D eigenvalue weighted by atomic mass is 10.1. The summed E-state index contributed by atoms with van der Waals surface area (Å²) < 4.78 is 10.8. The Balaban J connectivity index is 2.08. The van der Waals surface area contributed by atoms with Gasteiger partial charge in [-0.15, -0.1) is 0 Å². The molecule has 0 unspecified atom stereocenters. The molecule has 3 N–H and O–H groups in total. The van der Waals surface area contributed by atoms with Gasteiger partial charge >= 0.3 is 0 Å². The molecule has 24 heavy (non-hydrogen) atoms. The topological polar surface area (TPSA) is 73.6 Å². The maximum absolute atomic E-state index is 12.4. The minimum absolute atomic E-state index is 0.150. The van der Waals surface area contributed by atoms with Crippen LogP contribution in [0.4, 0.5) is 5.69 Å². The summed E-state index contributed by atoms with van der Waals surface area (Å²) in [6.45, 7) is 5.26. The average molecular weight is 328 g/mol. The molecule has 5 heteroatoms. The molecule has 0 spiro atoms. The van der Waals surface area contributed by atoms with Crippen molar-refractivity contribution < 1.29 is 14.3 Å². The molecule has 0 aliphatic carbocycles. The highest BCUT2D eigenvalue weighted by Crippen LogP contribution is 2.21. The predicted molar refractivity (Wildman–Crippen MR) is 95.3 cm³/mol. The molecule has 0 saturated heterocycles. The van der Waals surface area contributed by atoms with Gasteiger partial charge in [0, 0.05) is 30.5 Å². The Morgan fingerprint density at radius 1 is 1.12 bits per heavy atom. The van der Waals surface area contributed by atoms with Crippen LogP contribution >= 0.6 is 0 Å². The molecule has 0 atom stereocenters. The van der Waals surface area contributed by atoms with Crippen molar-refractivity contribution in [2.24, 2.45) is 0 Å². The number of nitrogens with two attached hydrogens (primary N) is 1. The van der Waals surface area contributed by atoms with Gasteiger partial charge in [-0.25, -0.2) is 0 Å². The van der Waals surface area contributed by atoms with Crippen LogP contribution in [0, 0.1) is 13.8 Å². The third-order valence-corrected chi connectivity index (χ3v) is 3.71. The number of benzene rings is 2. The molecule has 0 radical (unpaired) electrons. The number of amides is 1. The molecular weight excluding hydrogens is 304 g/mol. The zero-order valence-corrected chi connectivity index (χ0v) is 14.4. The van der Waals surface area contributed by atoms with Crippen LogP contribution in [-0.2, 0) is 11.3 Å². The summed E-state index contributed by atoms with van der Waals surface area (Å²) in [5.41, 5.74) is 9.85. The largest absolute Gasteiger partial charge is 0.491 e. The van der Waals surface area contributed by atoms with Crippen molar-refractivity contribution in [3.8, 4) is 5.75 Å². The van der Waals surface area contributed by atoms with Crippen LogP contribution in [0.5, 0.6) is 5.75 Å². The van der Waals surface area contributed by atoms with Gasteiger partial charge in [0.05, 0.1) is 6.61 Å². The Morgan fingerprint density at radius 2 is 1.92 bits per heavy atom. The van der Waals surface area contributed by atoms with Gasteiger partial charge in [-0.1, -0.05) is 18.2 Å². The molecule has 0 aliphatic rings. The Bertz CT molecular complexity index is 714. The second kappa shape index (κ2) is 8.36. The number of nitrogen functional groups attached to an aromatic ring is 1. The lowest BCUT2D eigenvalue weighted by Crippen LogP contribution is -2.24. The maximum atomic E-state index is 12.4. The first kappa shape index (κ1) is 17.8. The van der Waals surface area contributed by atoms with Gasteiger partial charge in [-0.05, 0) is 43.2 Å². The smallest absolute Gasteiger partial charge is 0.251 e. The van der Waals surface area contributed by atoms with Gasteiger partial charge in [-0.2, -0.15) is 0 Å². The number of hydrogen-bond acceptors (Lipinski definition) is 4. The van der Waals surface area contributed by atoms with Crippen molar-refractivity contribution in [1.82, 2.24) is 5.32 Å². The van der Waals surface area contributed by atoms with Gasteiger partial charge in [0.2, 0.25) is 0 Å². The number of aryl methyl sites for hydroxylation is 2. The molecule has 2 aromatic carbocycles. The number of nitrogens with one attached hydrogen (secondary N) is 1. The third kappa shape index (κ3) is 4.73. The van der Waals surface area contributed by atoms with E-state index in [9.17, 15) is 4.79 Å². The van der Waals surface area contributed by atoms with E-state index in [0.717, 1.165) is 22.4 Å². The first-order valence-corrected chi connectivity index (χ1v) is 7.87. The number of methoxy groups -OCH3 is 1. The molecule has 0 saturated carbocycles. The molecule has 5 nitrogen and oxygen atoms in total. The van der Waals surface area contributed by atoms with Crippen molar-refractivity contribution in [2.45, 2.75) is 20.4 Å². The van der Waals surface area contributed by atoms with Crippen molar-refractivity contribution in [3.05, 3.63) is 58.7 Å². The minimum Gasteiger partial charge on any atom is -0.491 e. The number of carbonyl (C=O) groups is 1. The van der Waals surface area contributed by atoms with Crippen LogP contribution in [0.3, 0.4) is 0 Å². The van der Waals surface area contributed by atoms with Crippen LogP contribution < -0.4 is 15.8 Å². The summed E-state index contributed by atoms with van der Waals surface area (Å²) in [6, 6.07) is 11.2. The second-order valence-electron chi connectivity index (χ2n) is 5.71. The van der Waals surface area contributed by atoms with E-state index in [4.69, 9.17) is 15.2 Å². The van der Waals surface area contributed by atoms with Crippen LogP contribution in [0.2, 0.25) is 0 Å². The molecular formula is C19H24N2O3. The van der Waals surface area contributed by atoms with E-state index < -0.39 is 0 Å². The van der Waals surface area contributed by atoms with E-state index in [0.29, 0.717) is 31.0 Å². The number of rotatable bonds is 7. The highest BCUT2D eigenvalue weighted by atomic mass is 16.5. The predicted octanol–water partition coefficient (Wildman–Crippen LogP) is 2.84. The highest BCUT2D eigenvalue weighted by Gasteiger charge is 2.11. The Hall–Kier alpha value is -2.53.